The van der Waals surface area contributed by atoms with E-state index in [2.05, 4.69) is 88.5 Å². The van der Waals surface area contributed by atoms with Crippen LogP contribution in [0.25, 0.3) is 0 Å². The van der Waals surface area contributed by atoms with E-state index in [0.29, 0.717) is 6.04 Å². The molecule has 0 radical (unpaired) electrons. The van der Waals surface area contributed by atoms with Crippen LogP contribution in [0, 0.1) is 13.8 Å². The molecule has 0 saturated heterocycles. The predicted molar refractivity (Wildman–Crippen MR) is 91.8 cm³/mol. The van der Waals surface area contributed by atoms with E-state index in [9.17, 15) is 0 Å². The molecule has 1 atom stereocenters. The molecule has 0 spiro atoms. The molecule has 21 heavy (non-hydrogen) atoms. The molecule has 0 heterocycles. The first-order valence-electron chi connectivity index (χ1n) is 7.76. The maximum Gasteiger partial charge on any atom is 0.0294 e. The van der Waals surface area contributed by atoms with Crippen LogP contribution in [0.3, 0.4) is 0 Å². The van der Waals surface area contributed by atoms with Crippen molar-refractivity contribution < 1.29 is 0 Å². The first-order valence-corrected chi connectivity index (χ1v) is 7.76. The van der Waals surface area contributed by atoms with Gasteiger partial charge >= 0.3 is 0 Å². The summed E-state index contributed by atoms with van der Waals surface area (Å²) in [5.74, 6) is 0. The van der Waals surface area contributed by atoms with Crippen LogP contribution in [0.5, 0.6) is 0 Å². The first kappa shape index (κ1) is 15.8. The predicted octanol–water partition coefficient (Wildman–Crippen LogP) is 4.93. The van der Waals surface area contributed by atoms with Crippen molar-refractivity contribution in [3.63, 3.8) is 0 Å². The van der Waals surface area contributed by atoms with Crippen LogP contribution >= 0.6 is 0 Å². The van der Waals surface area contributed by atoms with Crippen molar-refractivity contribution in [1.29, 1.82) is 0 Å². The molecule has 2 rings (SSSR count). The molecule has 0 aliphatic heterocycles. The zero-order valence-corrected chi connectivity index (χ0v) is 13.9. The maximum atomic E-state index is 3.70. The van der Waals surface area contributed by atoms with Crippen LogP contribution in [0.4, 0.5) is 0 Å². The summed E-state index contributed by atoms with van der Waals surface area (Å²) in [5, 5.41) is 3.70. The molecule has 1 nitrogen and oxygen atoms in total. The van der Waals surface area contributed by atoms with Gasteiger partial charge < -0.3 is 5.32 Å². The fourth-order valence-electron chi connectivity index (χ4n) is 2.82. The van der Waals surface area contributed by atoms with Crippen LogP contribution < -0.4 is 5.32 Å². The highest BCUT2D eigenvalue weighted by molar-refractivity contribution is 5.32. The van der Waals surface area contributed by atoms with Gasteiger partial charge in [0.1, 0.15) is 0 Å². The lowest BCUT2D eigenvalue weighted by molar-refractivity contribution is 0.435. The van der Waals surface area contributed by atoms with Crippen LogP contribution in [-0.2, 0) is 5.41 Å². The number of benzene rings is 2. The number of nitrogens with one attached hydrogen (secondary N) is 1. The molecule has 1 unspecified atom stereocenters. The summed E-state index contributed by atoms with van der Waals surface area (Å²) < 4.78 is 0. The number of aryl methyl sites for hydroxylation is 2. The van der Waals surface area contributed by atoms with E-state index in [0.717, 1.165) is 6.54 Å². The Morgan fingerprint density at radius 2 is 1.67 bits per heavy atom. The van der Waals surface area contributed by atoms with Gasteiger partial charge in [0.25, 0.3) is 0 Å². The second-order valence-corrected chi connectivity index (χ2v) is 6.71. The van der Waals surface area contributed by atoms with Gasteiger partial charge in [0.2, 0.25) is 0 Å². The second kappa shape index (κ2) is 6.44. The van der Waals surface area contributed by atoms with E-state index in [4.69, 9.17) is 0 Å². The van der Waals surface area contributed by atoms with Gasteiger partial charge in [-0.05, 0) is 37.5 Å². The highest BCUT2D eigenvalue weighted by Crippen LogP contribution is 2.24. The molecular formula is C20H27N. The van der Waals surface area contributed by atoms with Crippen molar-refractivity contribution in [2.45, 2.75) is 46.1 Å². The minimum atomic E-state index is 0.133. The molecule has 0 aliphatic carbocycles. The van der Waals surface area contributed by atoms with Gasteiger partial charge in [-0.3, -0.25) is 0 Å². The summed E-state index contributed by atoms with van der Waals surface area (Å²) in [5.41, 5.74) is 5.60. The van der Waals surface area contributed by atoms with Crippen LogP contribution in [0.1, 0.15) is 49.1 Å². The van der Waals surface area contributed by atoms with E-state index in [1.54, 1.807) is 0 Å². The number of rotatable bonds is 5. The van der Waals surface area contributed by atoms with Crippen molar-refractivity contribution in [2.75, 3.05) is 6.54 Å². The van der Waals surface area contributed by atoms with Gasteiger partial charge in [-0.15, -0.1) is 0 Å². The summed E-state index contributed by atoms with van der Waals surface area (Å²) in [6, 6.07) is 17.8. The third kappa shape index (κ3) is 3.95. The van der Waals surface area contributed by atoms with Gasteiger partial charge in [0.05, 0.1) is 0 Å². The van der Waals surface area contributed by atoms with Crippen LogP contribution in [0.15, 0.2) is 48.5 Å². The lowest BCUT2D eigenvalue weighted by Gasteiger charge is -2.28. The quantitative estimate of drug-likeness (QED) is 0.819. The van der Waals surface area contributed by atoms with E-state index in [-0.39, 0.29) is 5.41 Å². The molecule has 0 bridgehead atoms. The molecule has 2 aromatic rings. The Kier molecular flexibility index (Phi) is 4.84. The molecule has 112 valence electrons. The highest BCUT2D eigenvalue weighted by atomic mass is 14.9. The smallest absolute Gasteiger partial charge is 0.0294 e. The van der Waals surface area contributed by atoms with Gasteiger partial charge in [-0.1, -0.05) is 67.9 Å². The Hall–Kier alpha value is -1.60. The largest absolute Gasteiger partial charge is 0.309 e. The minimum Gasteiger partial charge on any atom is -0.309 e. The van der Waals surface area contributed by atoms with Gasteiger partial charge in [-0.25, -0.2) is 0 Å². The average molecular weight is 281 g/mol. The maximum absolute atomic E-state index is 3.70. The zero-order chi connectivity index (χ0) is 15.5. The van der Waals surface area contributed by atoms with Crippen molar-refractivity contribution >= 4 is 0 Å². The molecule has 1 heteroatoms. The Balaban J connectivity index is 2.05. The van der Waals surface area contributed by atoms with Crippen LogP contribution in [0.2, 0.25) is 0 Å². The SMILES string of the molecule is Cc1ccc(C(C)NCC(C)(C)c2ccccc2)c(C)c1. The Labute approximate surface area is 129 Å². The third-order valence-electron chi connectivity index (χ3n) is 4.30. The van der Waals surface area contributed by atoms with Crippen LogP contribution in [-0.4, -0.2) is 6.54 Å². The third-order valence-corrected chi connectivity index (χ3v) is 4.30. The lowest BCUT2D eigenvalue weighted by Crippen LogP contribution is -2.34. The van der Waals surface area contributed by atoms with Crippen molar-refractivity contribution in [1.82, 2.24) is 5.32 Å². The van der Waals surface area contributed by atoms with E-state index < -0.39 is 0 Å². The monoisotopic (exact) mass is 281 g/mol. The molecule has 0 saturated carbocycles. The molecule has 0 aliphatic rings. The van der Waals surface area contributed by atoms with E-state index in [1.165, 1.54) is 22.3 Å². The Morgan fingerprint density at radius 1 is 1.00 bits per heavy atom. The minimum absolute atomic E-state index is 0.133. The molecular weight excluding hydrogens is 254 g/mol. The molecule has 0 aromatic heterocycles. The highest BCUT2D eigenvalue weighted by Gasteiger charge is 2.21. The fourth-order valence-corrected chi connectivity index (χ4v) is 2.82. The van der Waals surface area contributed by atoms with Crippen molar-refractivity contribution in [3.8, 4) is 0 Å². The Bertz CT molecular complexity index is 584. The van der Waals surface area contributed by atoms with Crippen molar-refractivity contribution in [3.05, 3.63) is 70.8 Å². The van der Waals surface area contributed by atoms with Gasteiger partial charge in [0, 0.05) is 18.0 Å². The van der Waals surface area contributed by atoms with Crippen molar-refractivity contribution in [2.24, 2.45) is 0 Å². The topological polar surface area (TPSA) is 12.0 Å². The lowest BCUT2D eigenvalue weighted by atomic mass is 9.84. The van der Waals surface area contributed by atoms with Gasteiger partial charge in [0.15, 0.2) is 0 Å². The first-order chi connectivity index (χ1) is 9.90. The molecule has 1 N–H and O–H groups in total. The standard InChI is InChI=1S/C20H27N/c1-15-11-12-19(16(2)13-15)17(3)21-14-20(4,5)18-9-7-6-8-10-18/h6-13,17,21H,14H2,1-5H3. The molecule has 0 amide bonds. The normalized spacial score (nSPS) is 13.2. The number of hydrogen-bond acceptors (Lipinski definition) is 1. The zero-order valence-electron chi connectivity index (χ0n) is 13.9. The molecule has 2 aromatic carbocycles. The summed E-state index contributed by atoms with van der Waals surface area (Å²) in [4.78, 5) is 0. The number of hydrogen-bond donors (Lipinski definition) is 1. The Morgan fingerprint density at radius 3 is 2.29 bits per heavy atom. The van der Waals surface area contributed by atoms with E-state index in [1.807, 2.05) is 0 Å². The fraction of sp³-hybridized carbons (Fsp3) is 0.400. The van der Waals surface area contributed by atoms with E-state index >= 15 is 0 Å². The molecule has 0 fully saturated rings. The average Bonchev–Trinajstić information content (AvgIpc) is 2.46. The second-order valence-electron chi connectivity index (χ2n) is 6.71. The van der Waals surface area contributed by atoms with Gasteiger partial charge in [-0.2, -0.15) is 0 Å². The summed E-state index contributed by atoms with van der Waals surface area (Å²) >= 11 is 0. The summed E-state index contributed by atoms with van der Waals surface area (Å²) in [7, 11) is 0. The summed E-state index contributed by atoms with van der Waals surface area (Å²) in [6.07, 6.45) is 0. The summed E-state index contributed by atoms with van der Waals surface area (Å²) in [6.45, 7) is 12.1.